The zero-order valence-corrected chi connectivity index (χ0v) is 10.3. The summed E-state index contributed by atoms with van der Waals surface area (Å²) >= 11 is 0. The highest BCUT2D eigenvalue weighted by atomic mass is 19.1. The van der Waals surface area contributed by atoms with Gasteiger partial charge in [-0.25, -0.2) is 8.78 Å². The summed E-state index contributed by atoms with van der Waals surface area (Å²) < 4.78 is 27.7. The number of rotatable bonds is 2. The Morgan fingerprint density at radius 3 is 2.59 bits per heavy atom. The van der Waals surface area contributed by atoms with Crippen molar-refractivity contribution in [2.45, 2.75) is 39.2 Å². The molecule has 0 radical (unpaired) electrons. The third kappa shape index (κ3) is 2.21. The van der Waals surface area contributed by atoms with Crippen LogP contribution < -0.4 is 5.73 Å². The Kier molecular flexibility index (Phi) is 3.48. The molecule has 1 fully saturated rings. The molecule has 0 amide bonds. The van der Waals surface area contributed by atoms with Gasteiger partial charge in [0, 0.05) is 11.6 Å². The van der Waals surface area contributed by atoms with E-state index in [0.29, 0.717) is 11.5 Å². The first-order valence-corrected chi connectivity index (χ1v) is 6.22. The fourth-order valence-electron chi connectivity index (χ4n) is 2.91. The fourth-order valence-corrected chi connectivity index (χ4v) is 2.91. The molecule has 2 rings (SSSR count). The van der Waals surface area contributed by atoms with Crippen LogP contribution in [0.2, 0.25) is 0 Å². The molecule has 2 N–H and O–H groups in total. The molecule has 1 nitrogen and oxygen atoms in total. The van der Waals surface area contributed by atoms with Crippen LogP contribution in [0.1, 0.15) is 43.4 Å². The van der Waals surface area contributed by atoms with Crippen LogP contribution in [-0.4, -0.2) is 0 Å². The average molecular weight is 239 g/mol. The molecule has 0 heterocycles. The lowest BCUT2D eigenvalue weighted by Crippen LogP contribution is -2.25. The van der Waals surface area contributed by atoms with Crippen LogP contribution in [0.4, 0.5) is 8.78 Å². The van der Waals surface area contributed by atoms with Gasteiger partial charge in [-0.3, -0.25) is 0 Å². The Hall–Kier alpha value is -0.960. The molecule has 1 aliphatic carbocycles. The zero-order valence-electron chi connectivity index (χ0n) is 10.3. The van der Waals surface area contributed by atoms with Crippen LogP contribution in [0.5, 0.6) is 0 Å². The number of hydrogen-bond acceptors (Lipinski definition) is 1. The van der Waals surface area contributed by atoms with E-state index in [1.54, 1.807) is 6.92 Å². The Bertz CT molecular complexity index is 417. The summed E-state index contributed by atoms with van der Waals surface area (Å²) in [5.74, 6) is -0.346. The van der Waals surface area contributed by atoms with Crippen molar-refractivity contribution in [1.29, 1.82) is 0 Å². The van der Waals surface area contributed by atoms with Crippen LogP contribution in [0.15, 0.2) is 12.1 Å². The summed E-state index contributed by atoms with van der Waals surface area (Å²) in [4.78, 5) is 0. The van der Waals surface area contributed by atoms with Crippen LogP contribution in [0, 0.1) is 30.4 Å². The number of aryl methyl sites for hydroxylation is 1. The number of benzene rings is 1. The maximum absolute atomic E-state index is 14.0. The van der Waals surface area contributed by atoms with Crippen LogP contribution >= 0.6 is 0 Å². The summed E-state index contributed by atoms with van der Waals surface area (Å²) in [6.45, 7) is 3.76. The van der Waals surface area contributed by atoms with E-state index in [4.69, 9.17) is 5.73 Å². The van der Waals surface area contributed by atoms with Crippen molar-refractivity contribution in [3.8, 4) is 0 Å². The zero-order chi connectivity index (χ0) is 12.6. The van der Waals surface area contributed by atoms with E-state index < -0.39 is 17.7 Å². The second kappa shape index (κ2) is 4.73. The molecule has 3 unspecified atom stereocenters. The number of nitrogens with two attached hydrogens (primary N) is 1. The summed E-state index contributed by atoms with van der Waals surface area (Å²) in [7, 11) is 0. The van der Waals surface area contributed by atoms with Crippen molar-refractivity contribution in [2.24, 2.45) is 17.6 Å². The lowest BCUT2D eigenvalue weighted by molar-refractivity contribution is 0.335. The largest absolute Gasteiger partial charge is 0.324 e. The minimum atomic E-state index is -0.521. The second-order valence-corrected chi connectivity index (χ2v) is 5.19. The summed E-state index contributed by atoms with van der Waals surface area (Å²) in [5, 5.41) is 0. The Morgan fingerprint density at radius 2 is 2.00 bits per heavy atom. The van der Waals surface area contributed by atoms with Crippen LogP contribution in [-0.2, 0) is 0 Å². The smallest absolute Gasteiger partial charge is 0.133 e. The third-order valence-electron chi connectivity index (χ3n) is 4.04. The molecule has 0 aliphatic heterocycles. The van der Waals surface area contributed by atoms with Gasteiger partial charge in [-0.2, -0.15) is 0 Å². The van der Waals surface area contributed by atoms with Gasteiger partial charge in [-0.05, 0) is 36.8 Å². The van der Waals surface area contributed by atoms with Crippen LogP contribution in [0.25, 0.3) is 0 Å². The normalized spacial score (nSPS) is 26.2. The lowest BCUT2D eigenvalue weighted by Gasteiger charge is -2.24. The van der Waals surface area contributed by atoms with Gasteiger partial charge in [-0.1, -0.05) is 25.8 Å². The molecule has 0 spiro atoms. The summed E-state index contributed by atoms with van der Waals surface area (Å²) in [6, 6.07) is 2.25. The first-order valence-electron chi connectivity index (χ1n) is 6.22. The van der Waals surface area contributed by atoms with Crippen molar-refractivity contribution < 1.29 is 8.78 Å². The second-order valence-electron chi connectivity index (χ2n) is 5.19. The molecular weight excluding hydrogens is 220 g/mol. The molecule has 94 valence electrons. The standard InChI is InChI=1S/C14H19F2N/c1-8-4-3-5-10(8)14(17)12-11(15)7-6-9(2)13(12)16/h6-8,10,14H,3-5,17H2,1-2H3. The molecule has 3 atom stereocenters. The molecule has 17 heavy (non-hydrogen) atoms. The summed E-state index contributed by atoms with van der Waals surface area (Å²) in [5.41, 5.74) is 6.61. The first kappa shape index (κ1) is 12.5. The van der Waals surface area contributed by atoms with Crippen molar-refractivity contribution in [2.75, 3.05) is 0 Å². The Morgan fingerprint density at radius 1 is 1.29 bits per heavy atom. The quantitative estimate of drug-likeness (QED) is 0.836. The Balaban J connectivity index is 2.36. The van der Waals surface area contributed by atoms with E-state index in [1.807, 2.05) is 0 Å². The van der Waals surface area contributed by atoms with Crippen molar-refractivity contribution in [3.05, 3.63) is 34.9 Å². The van der Waals surface area contributed by atoms with Gasteiger partial charge in [0.25, 0.3) is 0 Å². The van der Waals surface area contributed by atoms with Crippen LogP contribution in [0.3, 0.4) is 0 Å². The SMILES string of the molecule is Cc1ccc(F)c(C(N)C2CCCC2C)c1F. The number of hydrogen-bond donors (Lipinski definition) is 1. The maximum Gasteiger partial charge on any atom is 0.133 e. The summed E-state index contributed by atoms with van der Waals surface area (Å²) in [6.07, 6.45) is 3.18. The van der Waals surface area contributed by atoms with Gasteiger partial charge in [0.05, 0.1) is 0 Å². The minimum absolute atomic E-state index is 0.0729. The van der Waals surface area contributed by atoms with E-state index in [-0.39, 0.29) is 11.5 Å². The lowest BCUT2D eigenvalue weighted by atomic mass is 9.85. The molecule has 1 saturated carbocycles. The molecule has 3 heteroatoms. The van der Waals surface area contributed by atoms with Gasteiger partial charge >= 0.3 is 0 Å². The highest BCUT2D eigenvalue weighted by Gasteiger charge is 2.32. The predicted molar refractivity (Wildman–Crippen MR) is 64.5 cm³/mol. The molecule has 0 aromatic heterocycles. The molecule has 1 aliphatic rings. The van der Waals surface area contributed by atoms with Gasteiger partial charge in [-0.15, -0.1) is 0 Å². The van der Waals surface area contributed by atoms with Gasteiger partial charge in [0.15, 0.2) is 0 Å². The van der Waals surface area contributed by atoms with E-state index in [0.717, 1.165) is 19.3 Å². The average Bonchev–Trinajstić information content (AvgIpc) is 2.70. The topological polar surface area (TPSA) is 26.0 Å². The maximum atomic E-state index is 14.0. The fraction of sp³-hybridized carbons (Fsp3) is 0.571. The molecular formula is C14H19F2N. The van der Waals surface area contributed by atoms with E-state index in [2.05, 4.69) is 6.92 Å². The molecule has 0 bridgehead atoms. The first-order chi connectivity index (χ1) is 8.02. The monoisotopic (exact) mass is 239 g/mol. The Labute approximate surface area is 101 Å². The molecule has 1 aromatic carbocycles. The highest BCUT2D eigenvalue weighted by molar-refractivity contribution is 5.29. The van der Waals surface area contributed by atoms with E-state index in [9.17, 15) is 8.78 Å². The van der Waals surface area contributed by atoms with Crippen molar-refractivity contribution in [3.63, 3.8) is 0 Å². The minimum Gasteiger partial charge on any atom is -0.324 e. The van der Waals surface area contributed by atoms with Gasteiger partial charge in [0.1, 0.15) is 11.6 Å². The molecule has 0 saturated heterocycles. The number of halogens is 2. The van der Waals surface area contributed by atoms with Crippen molar-refractivity contribution in [1.82, 2.24) is 0 Å². The van der Waals surface area contributed by atoms with Gasteiger partial charge < -0.3 is 5.73 Å². The van der Waals surface area contributed by atoms with Crippen molar-refractivity contribution >= 4 is 0 Å². The highest BCUT2D eigenvalue weighted by Crippen LogP contribution is 2.40. The van der Waals surface area contributed by atoms with E-state index in [1.165, 1.54) is 12.1 Å². The third-order valence-corrected chi connectivity index (χ3v) is 4.04. The predicted octanol–water partition coefficient (Wildman–Crippen LogP) is 3.71. The van der Waals surface area contributed by atoms with Gasteiger partial charge in [0.2, 0.25) is 0 Å². The van der Waals surface area contributed by atoms with E-state index >= 15 is 0 Å². The molecule has 1 aromatic rings.